The molecule has 2 nitrogen and oxygen atoms in total. The van der Waals surface area contributed by atoms with Gasteiger partial charge in [-0.1, -0.05) is 56.9 Å². The molecule has 0 radical (unpaired) electrons. The largest absolute Gasteiger partial charge is 0.300 e. The fraction of sp³-hybridized carbons (Fsp3) is 0.692. The molecule has 2 fully saturated rings. The van der Waals surface area contributed by atoms with Crippen LogP contribution in [-0.4, -0.2) is 5.78 Å². The Balaban J connectivity index is 1.51. The number of carbonyl (C=O) groups excluding carboxylic acids is 1. The van der Waals surface area contributed by atoms with Crippen LogP contribution in [0.2, 0.25) is 0 Å². The first-order valence-corrected chi connectivity index (χ1v) is 11.7. The van der Waals surface area contributed by atoms with Crippen molar-refractivity contribution < 1.29 is 4.79 Å². The van der Waals surface area contributed by atoms with E-state index in [1.807, 2.05) is 0 Å². The summed E-state index contributed by atoms with van der Waals surface area (Å²) in [5.41, 5.74) is 2.66. The minimum atomic E-state index is -0.245. The molecule has 1 aromatic carbocycles. The van der Waals surface area contributed by atoms with Crippen molar-refractivity contribution in [1.29, 1.82) is 5.26 Å². The van der Waals surface area contributed by atoms with Crippen LogP contribution in [0.25, 0.3) is 0 Å². The first-order chi connectivity index (χ1) is 13.7. The normalized spacial score (nSPS) is 28.1. The highest BCUT2D eigenvalue weighted by molar-refractivity contribution is 5.79. The van der Waals surface area contributed by atoms with Crippen LogP contribution in [0.15, 0.2) is 24.3 Å². The van der Waals surface area contributed by atoms with E-state index in [1.54, 1.807) is 0 Å². The quantitative estimate of drug-likeness (QED) is 0.451. The highest BCUT2D eigenvalue weighted by Crippen LogP contribution is 2.50. The first kappa shape index (κ1) is 21.1. The molecule has 3 rings (SSSR count). The van der Waals surface area contributed by atoms with Gasteiger partial charge >= 0.3 is 0 Å². The lowest BCUT2D eigenvalue weighted by atomic mass is 9.60. The molecule has 1 atom stereocenters. The maximum atomic E-state index is 11.9. The number of hydrogen-bond donors (Lipinski definition) is 0. The van der Waals surface area contributed by atoms with E-state index >= 15 is 0 Å². The topological polar surface area (TPSA) is 40.9 Å². The summed E-state index contributed by atoms with van der Waals surface area (Å²) in [5, 5.41) is 9.95. The Morgan fingerprint density at radius 3 is 2.39 bits per heavy atom. The second kappa shape index (κ2) is 10.2. The van der Waals surface area contributed by atoms with E-state index in [1.165, 1.54) is 49.7 Å². The molecule has 2 heteroatoms. The third-order valence-corrected chi connectivity index (χ3v) is 7.38. The molecule has 0 unspecified atom stereocenters. The maximum Gasteiger partial charge on any atom is 0.133 e. The zero-order valence-electron chi connectivity index (χ0n) is 17.7. The summed E-state index contributed by atoms with van der Waals surface area (Å²) in [5.74, 6) is 1.26. The Hall–Kier alpha value is -1.62. The number of Topliss-reactive ketones (excluding diaryl/α,β-unsaturated/α-hetero) is 1. The van der Waals surface area contributed by atoms with Crippen LogP contribution in [0.3, 0.4) is 0 Å². The number of hydrogen-bond acceptors (Lipinski definition) is 2. The van der Waals surface area contributed by atoms with Crippen molar-refractivity contribution in [2.24, 2.45) is 11.3 Å². The molecule has 0 spiro atoms. The van der Waals surface area contributed by atoms with Gasteiger partial charge in [0, 0.05) is 12.8 Å². The number of unbranched alkanes of at least 4 members (excludes halogenated alkanes) is 4. The van der Waals surface area contributed by atoms with Crippen molar-refractivity contribution in [2.45, 2.75) is 103 Å². The molecule has 152 valence electrons. The monoisotopic (exact) mass is 379 g/mol. The molecular formula is C26H37NO. The Labute approximate surface area is 171 Å². The number of ketones is 1. The Kier molecular flexibility index (Phi) is 7.72. The molecule has 0 N–H and O–H groups in total. The molecule has 2 saturated carbocycles. The molecular weight excluding hydrogens is 342 g/mol. The van der Waals surface area contributed by atoms with Crippen LogP contribution in [0.4, 0.5) is 0 Å². The Bertz CT molecular complexity index is 661. The van der Waals surface area contributed by atoms with E-state index in [0.717, 1.165) is 44.9 Å². The van der Waals surface area contributed by atoms with Gasteiger partial charge in [0.2, 0.25) is 0 Å². The maximum absolute atomic E-state index is 11.9. The number of nitrogens with zero attached hydrogens (tertiary/aromatic N) is 1. The number of rotatable bonds is 8. The smallest absolute Gasteiger partial charge is 0.133 e. The molecule has 1 aromatic rings. The van der Waals surface area contributed by atoms with E-state index in [9.17, 15) is 10.1 Å². The minimum Gasteiger partial charge on any atom is -0.300 e. The fourth-order valence-corrected chi connectivity index (χ4v) is 5.46. The summed E-state index contributed by atoms with van der Waals surface area (Å²) < 4.78 is 0. The lowest BCUT2D eigenvalue weighted by molar-refractivity contribution is -0.123. The van der Waals surface area contributed by atoms with Crippen molar-refractivity contribution in [3.8, 4) is 6.07 Å². The van der Waals surface area contributed by atoms with E-state index in [-0.39, 0.29) is 5.41 Å². The van der Waals surface area contributed by atoms with Gasteiger partial charge in [0.05, 0.1) is 11.5 Å². The van der Waals surface area contributed by atoms with Gasteiger partial charge in [-0.15, -0.1) is 0 Å². The molecule has 0 aromatic heterocycles. The molecule has 2 aliphatic rings. The van der Waals surface area contributed by atoms with E-state index in [4.69, 9.17) is 0 Å². The van der Waals surface area contributed by atoms with Crippen LogP contribution in [0.5, 0.6) is 0 Å². The second-order valence-electron chi connectivity index (χ2n) is 9.28. The van der Waals surface area contributed by atoms with Gasteiger partial charge in [-0.25, -0.2) is 0 Å². The average Bonchev–Trinajstić information content (AvgIpc) is 2.74. The lowest BCUT2D eigenvalue weighted by Crippen LogP contribution is -2.36. The van der Waals surface area contributed by atoms with Crippen LogP contribution in [0, 0.1) is 22.7 Å². The average molecular weight is 380 g/mol. The van der Waals surface area contributed by atoms with Crippen molar-refractivity contribution in [1.82, 2.24) is 0 Å². The number of nitriles is 1. The second-order valence-corrected chi connectivity index (χ2v) is 9.28. The zero-order chi connectivity index (χ0) is 19.8. The van der Waals surface area contributed by atoms with Gasteiger partial charge in [0.25, 0.3) is 0 Å². The van der Waals surface area contributed by atoms with E-state index in [2.05, 4.69) is 37.3 Å². The first-order valence-electron chi connectivity index (χ1n) is 11.7. The fourth-order valence-electron chi connectivity index (χ4n) is 5.46. The summed E-state index contributed by atoms with van der Waals surface area (Å²) in [6, 6.07) is 12.0. The predicted octanol–water partition coefficient (Wildman–Crippen LogP) is 7.13. The van der Waals surface area contributed by atoms with Gasteiger partial charge in [-0.2, -0.15) is 5.26 Å². The highest BCUT2D eigenvalue weighted by atomic mass is 16.1. The Morgan fingerprint density at radius 1 is 1.04 bits per heavy atom. The van der Waals surface area contributed by atoms with Gasteiger partial charge in [0.15, 0.2) is 0 Å². The minimum absolute atomic E-state index is 0.245. The van der Waals surface area contributed by atoms with E-state index < -0.39 is 0 Å². The summed E-state index contributed by atoms with van der Waals surface area (Å²) in [6.45, 7) is 2.26. The van der Waals surface area contributed by atoms with Crippen LogP contribution < -0.4 is 0 Å². The molecule has 2 aliphatic carbocycles. The van der Waals surface area contributed by atoms with Crippen LogP contribution in [0.1, 0.15) is 107 Å². The molecule has 0 amide bonds. The summed E-state index contributed by atoms with van der Waals surface area (Å²) >= 11 is 0. The third-order valence-electron chi connectivity index (χ3n) is 7.38. The van der Waals surface area contributed by atoms with Gasteiger partial charge in [-0.3, -0.25) is 4.79 Å². The molecule has 0 heterocycles. The van der Waals surface area contributed by atoms with Crippen LogP contribution >= 0.6 is 0 Å². The molecule has 0 bridgehead atoms. The zero-order valence-corrected chi connectivity index (χ0v) is 17.7. The lowest BCUT2D eigenvalue weighted by Gasteiger charge is -2.42. The Morgan fingerprint density at radius 2 is 1.75 bits per heavy atom. The van der Waals surface area contributed by atoms with Crippen molar-refractivity contribution in [3.63, 3.8) is 0 Å². The summed E-state index contributed by atoms with van der Waals surface area (Å²) in [7, 11) is 0. The standard InChI is InChI=1S/C26H37NO/c1-2-3-4-5-6-8-21-11-13-22(14-12-21)23-15-17-26(20-27,18-16-23)24-9-7-10-25(28)19-24/h11-14,23-24H,2-10,15-19H2,1H3/t23-,24-,26+/m1/s1. The van der Waals surface area contributed by atoms with Gasteiger partial charge in [0.1, 0.15) is 5.78 Å². The number of benzene rings is 1. The van der Waals surface area contributed by atoms with Crippen molar-refractivity contribution in [2.75, 3.05) is 0 Å². The van der Waals surface area contributed by atoms with Crippen LogP contribution in [-0.2, 0) is 11.2 Å². The third kappa shape index (κ3) is 5.25. The summed E-state index contributed by atoms with van der Waals surface area (Å²) in [6.07, 6.45) is 15.4. The summed E-state index contributed by atoms with van der Waals surface area (Å²) in [4.78, 5) is 11.9. The SMILES string of the molecule is CCCCCCCc1ccc([C@H]2CC[C@@](C#N)([C@@H]3CCCC(=O)C3)CC2)cc1. The van der Waals surface area contributed by atoms with Crippen molar-refractivity contribution in [3.05, 3.63) is 35.4 Å². The van der Waals surface area contributed by atoms with Gasteiger partial charge in [-0.05, 0) is 74.3 Å². The highest BCUT2D eigenvalue weighted by Gasteiger charge is 2.43. The predicted molar refractivity (Wildman–Crippen MR) is 115 cm³/mol. The number of aryl methyl sites for hydroxylation is 1. The molecule has 0 aliphatic heterocycles. The van der Waals surface area contributed by atoms with E-state index in [0.29, 0.717) is 24.0 Å². The van der Waals surface area contributed by atoms with Gasteiger partial charge < -0.3 is 0 Å². The molecule has 28 heavy (non-hydrogen) atoms. The molecule has 0 saturated heterocycles. The van der Waals surface area contributed by atoms with Crippen molar-refractivity contribution >= 4 is 5.78 Å². The number of carbonyl (C=O) groups is 1.